The lowest BCUT2D eigenvalue weighted by molar-refractivity contribution is 0.0940. The first-order valence-corrected chi connectivity index (χ1v) is 9.76. The van der Waals surface area contributed by atoms with Crippen LogP contribution in [0.25, 0.3) is 33.3 Å². The molecule has 2 aromatic carbocycles. The highest BCUT2D eigenvalue weighted by molar-refractivity contribution is 6.07. The standard InChI is InChI=1S/C24H19N5O/c1-15(23-28-20-11-4-5-12-21(20)29-23)26-24(30)17-14-22(19-10-6-7-13-25-19)27-18-9-3-2-8-16(17)18/h2-15H,1H3,(H,26,30)(H,28,29). The smallest absolute Gasteiger partial charge is 0.252 e. The van der Waals surface area contributed by atoms with Crippen molar-refractivity contribution < 1.29 is 4.79 Å². The second kappa shape index (κ2) is 7.40. The minimum absolute atomic E-state index is 0.182. The maximum atomic E-state index is 13.2. The number of H-pyrrole nitrogens is 1. The fraction of sp³-hybridized carbons (Fsp3) is 0.0833. The Kier molecular flexibility index (Phi) is 4.44. The first kappa shape index (κ1) is 18.0. The first-order chi connectivity index (χ1) is 14.7. The van der Waals surface area contributed by atoms with Crippen molar-refractivity contribution in [3.05, 3.63) is 90.4 Å². The zero-order valence-corrected chi connectivity index (χ0v) is 16.3. The molecule has 1 unspecified atom stereocenters. The van der Waals surface area contributed by atoms with Crippen molar-refractivity contribution in [2.75, 3.05) is 0 Å². The van der Waals surface area contributed by atoms with Crippen molar-refractivity contribution in [2.45, 2.75) is 13.0 Å². The van der Waals surface area contributed by atoms with Crippen LogP contribution in [0.15, 0.2) is 79.0 Å². The van der Waals surface area contributed by atoms with Gasteiger partial charge in [-0.05, 0) is 43.3 Å². The third-order valence-electron chi connectivity index (χ3n) is 5.05. The van der Waals surface area contributed by atoms with Crippen LogP contribution in [0.5, 0.6) is 0 Å². The largest absolute Gasteiger partial charge is 0.342 e. The molecular formula is C24H19N5O. The van der Waals surface area contributed by atoms with Crippen LogP contribution in [0.1, 0.15) is 29.1 Å². The molecular weight excluding hydrogens is 374 g/mol. The zero-order chi connectivity index (χ0) is 20.5. The lowest BCUT2D eigenvalue weighted by Crippen LogP contribution is -2.27. The number of imidazole rings is 1. The van der Waals surface area contributed by atoms with E-state index in [0.29, 0.717) is 17.1 Å². The Morgan fingerprint density at radius 2 is 1.67 bits per heavy atom. The zero-order valence-electron chi connectivity index (χ0n) is 16.3. The topological polar surface area (TPSA) is 83.6 Å². The van der Waals surface area contributed by atoms with Crippen LogP contribution in [-0.2, 0) is 0 Å². The molecule has 6 nitrogen and oxygen atoms in total. The van der Waals surface area contributed by atoms with Crippen molar-refractivity contribution in [1.82, 2.24) is 25.3 Å². The van der Waals surface area contributed by atoms with Gasteiger partial charge in [0.15, 0.2) is 0 Å². The highest BCUT2D eigenvalue weighted by Gasteiger charge is 2.18. The van der Waals surface area contributed by atoms with Crippen molar-refractivity contribution in [3.63, 3.8) is 0 Å². The number of nitrogens with zero attached hydrogens (tertiary/aromatic N) is 3. The van der Waals surface area contributed by atoms with E-state index in [1.807, 2.05) is 73.7 Å². The molecule has 6 heteroatoms. The van der Waals surface area contributed by atoms with Gasteiger partial charge in [0, 0.05) is 11.6 Å². The maximum absolute atomic E-state index is 13.2. The summed E-state index contributed by atoms with van der Waals surface area (Å²) in [6.07, 6.45) is 1.72. The predicted octanol–water partition coefficient (Wildman–Crippen LogP) is 4.66. The van der Waals surface area contributed by atoms with E-state index in [4.69, 9.17) is 4.98 Å². The summed E-state index contributed by atoms with van der Waals surface area (Å²) in [7, 11) is 0. The normalized spacial score (nSPS) is 12.2. The molecule has 5 aromatic rings. The summed E-state index contributed by atoms with van der Waals surface area (Å²) in [6, 6.07) is 22.6. The van der Waals surface area contributed by atoms with Gasteiger partial charge in [0.1, 0.15) is 5.82 Å². The fourth-order valence-electron chi connectivity index (χ4n) is 3.53. The van der Waals surface area contributed by atoms with E-state index < -0.39 is 0 Å². The van der Waals surface area contributed by atoms with Crippen molar-refractivity contribution >= 4 is 27.8 Å². The van der Waals surface area contributed by atoms with Crippen LogP contribution in [0, 0.1) is 0 Å². The summed E-state index contributed by atoms with van der Waals surface area (Å²) in [5, 5.41) is 3.86. The number of hydrogen-bond acceptors (Lipinski definition) is 4. The van der Waals surface area contributed by atoms with Crippen molar-refractivity contribution in [3.8, 4) is 11.4 Å². The molecule has 0 radical (unpaired) electrons. The Bertz CT molecular complexity index is 1330. The van der Waals surface area contributed by atoms with Gasteiger partial charge in [-0.2, -0.15) is 0 Å². The van der Waals surface area contributed by atoms with E-state index in [1.54, 1.807) is 12.3 Å². The average Bonchev–Trinajstić information content (AvgIpc) is 3.23. The number of aromatic nitrogens is 4. The molecule has 0 saturated heterocycles. The summed E-state index contributed by atoms with van der Waals surface area (Å²) < 4.78 is 0. The van der Waals surface area contributed by atoms with Crippen LogP contribution < -0.4 is 5.32 Å². The number of rotatable bonds is 4. The number of para-hydroxylation sites is 3. The summed E-state index contributed by atoms with van der Waals surface area (Å²) in [4.78, 5) is 30.2. The number of benzene rings is 2. The molecule has 0 fully saturated rings. The number of carbonyl (C=O) groups excluding carboxylic acids is 1. The number of aromatic amines is 1. The van der Waals surface area contributed by atoms with Gasteiger partial charge in [-0.1, -0.05) is 36.4 Å². The van der Waals surface area contributed by atoms with Crippen LogP contribution in [0.2, 0.25) is 0 Å². The van der Waals surface area contributed by atoms with Gasteiger partial charge in [-0.25, -0.2) is 9.97 Å². The molecule has 0 spiro atoms. The van der Waals surface area contributed by atoms with Crippen LogP contribution in [-0.4, -0.2) is 25.8 Å². The SMILES string of the molecule is CC(NC(=O)c1cc(-c2ccccn2)nc2ccccc12)c1nc2ccccc2[nH]1. The summed E-state index contributed by atoms with van der Waals surface area (Å²) in [6.45, 7) is 1.92. The summed E-state index contributed by atoms with van der Waals surface area (Å²) in [5.74, 6) is 0.534. The van der Waals surface area contributed by atoms with Gasteiger partial charge in [-0.15, -0.1) is 0 Å². The molecule has 0 aliphatic rings. The molecule has 1 atom stereocenters. The van der Waals surface area contributed by atoms with Gasteiger partial charge in [0.2, 0.25) is 0 Å². The average molecular weight is 393 g/mol. The van der Waals surface area contributed by atoms with Gasteiger partial charge in [-0.3, -0.25) is 9.78 Å². The Morgan fingerprint density at radius 3 is 2.47 bits per heavy atom. The molecule has 5 rings (SSSR count). The number of fused-ring (bicyclic) bond motifs is 2. The lowest BCUT2D eigenvalue weighted by atomic mass is 10.1. The predicted molar refractivity (Wildman–Crippen MR) is 117 cm³/mol. The molecule has 30 heavy (non-hydrogen) atoms. The van der Waals surface area contributed by atoms with Gasteiger partial charge in [0.05, 0.1) is 39.5 Å². The van der Waals surface area contributed by atoms with Crippen molar-refractivity contribution in [2.24, 2.45) is 0 Å². The monoisotopic (exact) mass is 393 g/mol. The van der Waals surface area contributed by atoms with Crippen LogP contribution in [0.4, 0.5) is 0 Å². The molecule has 0 saturated carbocycles. The highest BCUT2D eigenvalue weighted by Crippen LogP contribution is 2.24. The highest BCUT2D eigenvalue weighted by atomic mass is 16.1. The number of amides is 1. The Hall–Kier alpha value is -4.06. The van der Waals surface area contributed by atoms with E-state index in [9.17, 15) is 4.79 Å². The van der Waals surface area contributed by atoms with E-state index in [0.717, 1.165) is 27.6 Å². The van der Waals surface area contributed by atoms with E-state index in [1.165, 1.54) is 0 Å². The molecule has 3 heterocycles. The van der Waals surface area contributed by atoms with Gasteiger partial charge in [0.25, 0.3) is 5.91 Å². The summed E-state index contributed by atoms with van der Waals surface area (Å²) >= 11 is 0. The number of carbonyl (C=O) groups is 1. The van der Waals surface area contributed by atoms with E-state index in [-0.39, 0.29) is 11.9 Å². The van der Waals surface area contributed by atoms with E-state index >= 15 is 0 Å². The van der Waals surface area contributed by atoms with Crippen LogP contribution >= 0.6 is 0 Å². The van der Waals surface area contributed by atoms with Gasteiger partial charge < -0.3 is 10.3 Å². The van der Waals surface area contributed by atoms with Gasteiger partial charge >= 0.3 is 0 Å². The molecule has 0 aliphatic carbocycles. The second-order valence-electron chi connectivity index (χ2n) is 7.12. The molecule has 0 bridgehead atoms. The Labute approximate surface area is 173 Å². The van der Waals surface area contributed by atoms with E-state index in [2.05, 4.69) is 20.3 Å². The molecule has 146 valence electrons. The number of pyridine rings is 2. The fourth-order valence-corrected chi connectivity index (χ4v) is 3.53. The molecule has 1 amide bonds. The summed E-state index contributed by atoms with van der Waals surface area (Å²) in [5.41, 5.74) is 4.52. The minimum atomic E-state index is -0.282. The lowest BCUT2D eigenvalue weighted by Gasteiger charge is -2.14. The number of nitrogens with one attached hydrogen (secondary N) is 2. The Balaban J connectivity index is 1.52. The number of hydrogen-bond donors (Lipinski definition) is 2. The minimum Gasteiger partial charge on any atom is -0.342 e. The molecule has 2 N–H and O–H groups in total. The first-order valence-electron chi connectivity index (χ1n) is 9.76. The Morgan fingerprint density at radius 1 is 0.900 bits per heavy atom. The third kappa shape index (κ3) is 3.28. The van der Waals surface area contributed by atoms with Crippen LogP contribution in [0.3, 0.4) is 0 Å². The quantitative estimate of drug-likeness (QED) is 0.465. The second-order valence-corrected chi connectivity index (χ2v) is 7.12. The third-order valence-corrected chi connectivity index (χ3v) is 5.05. The molecule has 0 aliphatic heterocycles. The molecule has 3 aromatic heterocycles. The maximum Gasteiger partial charge on any atom is 0.252 e. The van der Waals surface area contributed by atoms with Crippen molar-refractivity contribution in [1.29, 1.82) is 0 Å².